The molecule has 1 amide bonds. The lowest BCUT2D eigenvalue weighted by atomic mass is 9.96. The standard InChI is InChI=1S/C16H15NO4/c18-14(13-8-11(9-21-13)15(19)20)17-10-16(6-7-16)12-4-2-1-3-5-12/h1-5,8-9H,6-7,10H2,(H,17,18)(H,19,20). The van der Waals surface area contributed by atoms with E-state index >= 15 is 0 Å². The van der Waals surface area contributed by atoms with Crippen LogP contribution in [0.2, 0.25) is 0 Å². The number of aromatic carboxylic acids is 1. The highest BCUT2D eigenvalue weighted by Crippen LogP contribution is 2.47. The van der Waals surface area contributed by atoms with E-state index in [1.54, 1.807) is 0 Å². The average Bonchev–Trinajstić information content (AvgIpc) is 3.12. The van der Waals surface area contributed by atoms with Gasteiger partial charge in [0.25, 0.3) is 5.91 Å². The number of nitrogens with one attached hydrogen (secondary N) is 1. The first-order valence-electron chi connectivity index (χ1n) is 6.76. The third kappa shape index (κ3) is 2.67. The first kappa shape index (κ1) is 13.4. The van der Waals surface area contributed by atoms with Crippen LogP contribution in [0, 0.1) is 0 Å². The van der Waals surface area contributed by atoms with Crippen molar-refractivity contribution in [2.24, 2.45) is 0 Å². The van der Waals surface area contributed by atoms with Crippen LogP contribution in [0.25, 0.3) is 0 Å². The molecule has 0 bridgehead atoms. The lowest BCUT2D eigenvalue weighted by Gasteiger charge is -2.15. The summed E-state index contributed by atoms with van der Waals surface area (Å²) in [6.45, 7) is 0.527. The molecule has 3 rings (SSSR count). The molecule has 0 atom stereocenters. The molecule has 5 nitrogen and oxygen atoms in total. The second kappa shape index (κ2) is 5.09. The highest BCUT2D eigenvalue weighted by molar-refractivity contribution is 5.95. The zero-order valence-electron chi connectivity index (χ0n) is 11.3. The summed E-state index contributed by atoms with van der Waals surface area (Å²) in [5.41, 5.74) is 1.21. The minimum absolute atomic E-state index is 0.0130. The predicted octanol–water partition coefficient (Wildman–Crippen LogP) is 2.44. The maximum Gasteiger partial charge on any atom is 0.338 e. The van der Waals surface area contributed by atoms with Gasteiger partial charge in [0, 0.05) is 18.0 Å². The molecule has 1 fully saturated rings. The van der Waals surface area contributed by atoms with Gasteiger partial charge in [-0.2, -0.15) is 0 Å². The fraction of sp³-hybridized carbons (Fsp3) is 0.250. The van der Waals surface area contributed by atoms with Crippen LogP contribution in [0.3, 0.4) is 0 Å². The molecule has 0 unspecified atom stereocenters. The van der Waals surface area contributed by atoms with Crippen molar-refractivity contribution in [2.75, 3.05) is 6.54 Å². The highest BCUT2D eigenvalue weighted by Gasteiger charge is 2.44. The zero-order valence-corrected chi connectivity index (χ0v) is 11.3. The number of carboxylic acids is 1. The molecule has 1 aromatic heterocycles. The smallest absolute Gasteiger partial charge is 0.338 e. The minimum Gasteiger partial charge on any atom is -0.478 e. The molecular formula is C16H15NO4. The third-order valence-electron chi connectivity index (χ3n) is 3.90. The Morgan fingerprint density at radius 3 is 2.52 bits per heavy atom. The molecule has 0 radical (unpaired) electrons. The van der Waals surface area contributed by atoms with Gasteiger partial charge in [-0.3, -0.25) is 4.79 Å². The van der Waals surface area contributed by atoms with Gasteiger partial charge in [0.2, 0.25) is 0 Å². The monoisotopic (exact) mass is 285 g/mol. The molecule has 2 N–H and O–H groups in total. The number of amides is 1. The fourth-order valence-corrected chi connectivity index (χ4v) is 2.41. The Morgan fingerprint density at radius 1 is 1.24 bits per heavy atom. The number of carbonyl (C=O) groups excluding carboxylic acids is 1. The molecule has 0 spiro atoms. The summed E-state index contributed by atoms with van der Waals surface area (Å²) in [5.74, 6) is -1.47. The topological polar surface area (TPSA) is 79.5 Å². The number of carbonyl (C=O) groups is 2. The highest BCUT2D eigenvalue weighted by atomic mass is 16.4. The molecule has 2 aromatic rings. The Bertz CT molecular complexity index is 671. The quantitative estimate of drug-likeness (QED) is 0.884. The fourth-order valence-electron chi connectivity index (χ4n) is 2.41. The van der Waals surface area contributed by atoms with Gasteiger partial charge in [0.05, 0.1) is 5.56 Å². The second-order valence-electron chi connectivity index (χ2n) is 5.33. The van der Waals surface area contributed by atoms with Crippen molar-refractivity contribution < 1.29 is 19.1 Å². The molecule has 1 aromatic carbocycles. The summed E-state index contributed by atoms with van der Waals surface area (Å²) in [6.07, 6.45) is 3.15. The molecule has 21 heavy (non-hydrogen) atoms. The summed E-state index contributed by atoms with van der Waals surface area (Å²) < 4.78 is 4.99. The lowest BCUT2D eigenvalue weighted by molar-refractivity contribution is 0.0696. The first-order valence-corrected chi connectivity index (χ1v) is 6.76. The average molecular weight is 285 g/mol. The summed E-state index contributed by atoms with van der Waals surface area (Å²) in [7, 11) is 0. The molecule has 0 saturated heterocycles. The van der Waals surface area contributed by atoms with E-state index in [4.69, 9.17) is 9.52 Å². The number of hydrogen-bond donors (Lipinski definition) is 2. The van der Waals surface area contributed by atoms with Gasteiger partial charge in [-0.1, -0.05) is 30.3 Å². The largest absolute Gasteiger partial charge is 0.478 e. The van der Waals surface area contributed by atoms with Crippen molar-refractivity contribution in [3.8, 4) is 0 Å². The van der Waals surface area contributed by atoms with Crippen LogP contribution >= 0.6 is 0 Å². The maximum atomic E-state index is 12.0. The Hall–Kier alpha value is -2.56. The molecule has 1 aliphatic rings. The van der Waals surface area contributed by atoms with Crippen molar-refractivity contribution >= 4 is 11.9 Å². The van der Waals surface area contributed by atoms with Crippen LogP contribution in [0.5, 0.6) is 0 Å². The molecule has 1 aliphatic carbocycles. The minimum atomic E-state index is -1.11. The number of furan rings is 1. The number of carboxylic acid groups (broad SMARTS) is 1. The lowest BCUT2D eigenvalue weighted by Crippen LogP contribution is -2.32. The molecule has 0 aliphatic heterocycles. The van der Waals surface area contributed by atoms with Crippen LogP contribution in [-0.4, -0.2) is 23.5 Å². The van der Waals surface area contributed by atoms with Crippen molar-refractivity contribution in [1.82, 2.24) is 5.32 Å². The van der Waals surface area contributed by atoms with Gasteiger partial charge in [-0.15, -0.1) is 0 Å². The number of rotatable bonds is 5. The Labute approximate surface area is 121 Å². The van der Waals surface area contributed by atoms with E-state index in [0.29, 0.717) is 6.54 Å². The maximum absolute atomic E-state index is 12.0. The van der Waals surface area contributed by atoms with E-state index < -0.39 is 5.97 Å². The van der Waals surface area contributed by atoms with E-state index in [2.05, 4.69) is 17.4 Å². The number of hydrogen-bond acceptors (Lipinski definition) is 3. The molecule has 1 saturated carbocycles. The SMILES string of the molecule is O=C(O)c1coc(C(=O)NCC2(c3ccccc3)CC2)c1. The van der Waals surface area contributed by atoms with E-state index in [1.165, 1.54) is 11.6 Å². The van der Waals surface area contributed by atoms with Gasteiger partial charge in [-0.25, -0.2) is 4.79 Å². The van der Waals surface area contributed by atoms with Crippen LogP contribution in [0.4, 0.5) is 0 Å². The van der Waals surface area contributed by atoms with Crippen molar-refractivity contribution in [1.29, 1.82) is 0 Å². The Balaban J connectivity index is 1.65. The van der Waals surface area contributed by atoms with Gasteiger partial charge in [-0.05, 0) is 18.4 Å². The summed E-state index contributed by atoms with van der Waals surface area (Å²) in [4.78, 5) is 22.7. The van der Waals surface area contributed by atoms with Gasteiger partial charge in [0.1, 0.15) is 6.26 Å². The Morgan fingerprint density at radius 2 is 1.95 bits per heavy atom. The summed E-state index contributed by atoms with van der Waals surface area (Å²) in [6, 6.07) is 11.3. The van der Waals surface area contributed by atoms with E-state index in [9.17, 15) is 9.59 Å². The van der Waals surface area contributed by atoms with Crippen molar-refractivity contribution in [2.45, 2.75) is 18.3 Å². The summed E-state index contributed by atoms with van der Waals surface area (Å²) in [5, 5.41) is 11.6. The second-order valence-corrected chi connectivity index (χ2v) is 5.33. The summed E-state index contributed by atoms with van der Waals surface area (Å²) >= 11 is 0. The zero-order chi connectivity index (χ0) is 14.9. The molecular weight excluding hydrogens is 270 g/mol. The van der Waals surface area contributed by atoms with Crippen LogP contribution in [0.1, 0.15) is 39.3 Å². The van der Waals surface area contributed by atoms with Crippen LogP contribution in [-0.2, 0) is 5.41 Å². The van der Waals surface area contributed by atoms with Crippen LogP contribution in [0.15, 0.2) is 47.1 Å². The van der Waals surface area contributed by atoms with Gasteiger partial charge < -0.3 is 14.8 Å². The molecule has 1 heterocycles. The van der Waals surface area contributed by atoms with E-state index in [1.807, 2.05) is 18.2 Å². The number of benzene rings is 1. The van der Waals surface area contributed by atoms with Gasteiger partial charge >= 0.3 is 5.97 Å². The van der Waals surface area contributed by atoms with Crippen LogP contribution < -0.4 is 5.32 Å². The predicted molar refractivity (Wildman–Crippen MR) is 75.4 cm³/mol. The van der Waals surface area contributed by atoms with Crippen molar-refractivity contribution in [3.05, 3.63) is 59.5 Å². The van der Waals surface area contributed by atoms with Crippen molar-refractivity contribution in [3.63, 3.8) is 0 Å². The van der Waals surface area contributed by atoms with E-state index in [-0.39, 0.29) is 22.6 Å². The van der Waals surface area contributed by atoms with E-state index in [0.717, 1.165) is 19.1 Å². The first-order chi connectivity index (χ1) is 10.1. The van der Waals surface area contributed by atoms with Gasteiger partial charge in [0.15, 0.2) is 5.76 Å². The third-order valence-corrected chi connectivity index (χ3v) is 3.90. The Kier molecular flexibility index (Phi) is 3.25. The normalized spacial score (nSPS) is 15.4. The molecule has 5 heteroatoms. The molecule has 108 valence electrons.